The summed E-state index contributed by atoms with van der Waals surface area (Å²) < 4.78 is 30.9. The molecule has 0 aliphatic carbocycles. The van der Waals surface area contributed by atoms with Gasteiger partial charge in [-0.05, 0) is 29.8 Å². The van der Waals surface area contributed by atoms with Crippen LogP contribution in [0.3, 0.4) is 0 Å². The number of hydrogen-bond donors (Lipinski definition) is 1. The number of ether oxygens (including phenoxy) is 1. The first-order valence-electron chi connectivity index (χ1n) is 7.22. The second-order valence-electron chi connectivity index (χ2n) is 4.90. The molecule has 25 heavy (non-hydrogen) atoms. The molecular weight excluding hydrogens is 369 g/mol. The number of phenols is 1. The summed E-state index contributed by atoms with van der Waals surface area (Å²) in [6, 6.07) is 18.0. The van der Waals surface area contributed by atoms with Crippen LogP contribution in [-0.2, 0) is 6.61 Å². The van der Waals surface area contributed by atoms with Crippen LogP contribution in [0.15, 0.2) is 66.7 Å². The second-order valence-corrected chi connectivity index (χ2v) is 5.71. The molecule has 0 aliphatic heterocycles. The van der Waals surface area contributed by atoms with Crippen LogP contribution in [0.4, 0.5) is 8.78 Å². The Morgan fingerprint density at radius 3 is 1.92 bits per heavy atom. The van der Waals surface area contributed by atoms with Crippen LogP contribution >= 0.6 is 23.2 Å². The molecule has 0 radical (unpaired) electrons. The normalized spacial score (nSPS) is 9.92. The molecule has 0 atom stereocenters. The summed E-state index contributed by atoms with van der Waals surface area (Å²) in [5, 5.41) is 9.02. The number of aromatic hydroxyl groups is 1. The van der Waals surface area contributed by atoms with Crippen molar-refractivity contribution in [2.75, 3.05) is 0 Å². The molecule has 1 N–H and O–H groups in total. The third-order valence-electron chi connectivity index (χ3n) is 3.08. The summed E-state index contributed by atoms with van der Waals surface area (Å²) in [7, 11) is 0. The van der Waals surface area contributed by atoms with Crippen molar-refractivity contribution < 1.29 is 18.6 Å². The van der Waals surface area contributed by atoms with Crippen molar-refractivity contribution in [2.24, 2.45) is 0 Å². The molecule has 2 nitrogen and oxygen atoms in total. The summed E-state index contributed by atoms with van der Waals surface area (Å²) in [5.74, 6) is -1.52. The lowest BCUT2D eigenvalue weighted by atomic mass is 10.2. The molecule has 3 aromatic carbocycles. The highest BCUT2D eigenvalue weighted by atomic mass is 35.5. The lowest BCUT2D eigenvalue weighted by molar-refractivity contribution is 0.290. The minimum atomic E-state index is -0.692. The first kappa shape index (κ1) is 19.0. The van der Waals surface area contributed by atoms with Crippen LogP contribution in [-0.4, -0.2) is 5.11 Å². The molecule has 0 fully saturated rings. The average molecular weight is 383 g/mol. The molecular formula is C19H14Cl2F2O2. The monoisotopic (exact) mass is 382 g/mol. The maximum absolute atomic E-state index is 13.3. The highest BCUT2D eigenvalue weighted by Gasteiger charge is 2.07. The Kier molecular flexibility index (Phi) is 7.04. The minimum absolute atomic E-state index is 0.0370. The Morgan fingerprint density at radius 2 is 1.36 bits per heavy atom. The molecule has 0 heterocycles. The second kappa shape index (κ2) is 9.25. The van der Waals surface area contributed by atoms with Crippen LogP contribution in [0.1, 0.15) is 5.56 Å². The van der Waals surface area contributed by atoms with E-state index in [1.54, 1.807) is 12.1 Å². The Bertz CT molecular complexity index is 786. The molecule has 0 spiro atoms. The smallest absolute Gasteiger partial charge is 0.174 e. The van der Waals surface area contributed by atoms with E-state index in [2.05, 4.69) is 0 Å². The van der Waals surface area contributed by atoms with Gasteiger partial charge in [0, 0.05) is 0 Å². The van der Waals surface area contributed by atoms with E-state index in [0.717, 1.165) is 11.6 Å². The predicted octanol–water partition coefficient (Wildman–Crippen LogP) is 6.24. The van der Waals surface area contributed by atoms with E-state index in [0.29, 0.717) is 6.61 Å². The first-order valence-corrected chi connectivity index (χ1v) is 7.98. The Morgan fingerprint density at radius 1 is 0.760 bits per heavy atom. The molecule has 3 rings (SSSR count). The fraction of sp³-hybridized carbons (Fsp3) is 0.0526. The SMILES string of the molecule is Fc1cccc(Cl)c1OCc1ccccc1.Oc1c(F)cccc1Cl. The van der Waals surface area contributed by atoms with Crippen molar-refractivity contribution in [1.82, 2.24) is 0 Å². The van der Waals surface area contributed by atoms with Crippen molar-refractivity contribution in [1.29, 1.82) is 0 Å². The van der Waals surface area contributed by atoms with E-state index in [9.17, 15) is 8.78 Å². The molecule has 0 aliphatic rings. The van der Waals surface area contributed by atoms with Crippen molar-refractivity contribution in [3.63, 3.8) is 0 Å². The third-order valence-corrected chi connectivity index (χ3v) is 3.69. The number of halogens is 4. The Balaban J connectivity index is 0.000000212. The third kappa shape index (κ3) is 5.62. The molecule has 0 saturated carbocycles. The van der Waals surface area contributed by atoms with E-state index < -0.39 is 17.4 Å². The number of hydrogen-bond acceptors (Lipinski definition) is 2. The lowest BCUT2D eigenvalue weighted by Crippen LogP contribution is -1.97. The van der Waals surface area contributed by atoms with Gasteiger partial charge in [-0.25, -0.2) is 8.78 Å². The van der Waals surface area contributed by atoms with Crippen molar-refractivity contribution in [3.05, 3.63) is 94.0 Å². The van der Waals surface area contributed by atoms with Crippen LogP contribution in [0.25, 0.3) is 0 Å². The summed E-state index contributed by atoms with van der Waals surface area (Å²) in [5.41, 5.74) is 0.974. The van der Waals surface area contributed by atoms with Gasteiger partial charge in [0.1, 0.15) is 6.61 Å². The summed E-state index contributed by atoms with van der Waals surface area (Å²) in [6.07, 6.45) is 0. The number of benzene rings is 3. The number of para-hydroxylation sites is 2. The molecule has 0 unspecified atom stereocenters. The number of rotatable bonds is 3. The van der Waals surface area contributed by atoms with E-state index in [1.807, 2.05) is 30.3 Å². The van der Waals surface area contributed by atoms with E-state index in [-0.39, 0.29) is 15.8 Å². The summed E-state index contributed by atoms with van der Waals surface area (Å²) >= 11 is 11.2. The van der Waals surface area contributed by atoms with Crippen LogP contribution in [0, 0.1) is 11.6 Å². The molecule has 130 valence electrons. The van der Waals surface area contributed by atoms with E-state index >= 15 is 0 Å². The molecule has 0 aromatic heterocycles. The van der Waals surface area contributed by atoms with E-state index in [1.165, 1.54) is 18.2 Å². The van der Waals surface area contributed by atoms with E-state index in [4.69, 9.17) is 33.0 Å². The summed E-state index contributed by atoms with van der Waals surface area (Å²) in [6.45, 7) is 0.307. The standard InChI is InChI=1S/C13H10ClFO.C6H4ClFO/c14-11-7-4-8-12(15)13(11)16-9-10-5-2-1-3-6-10;7-4-2-1-3-5(8)6(4)9/h1-8H,9H2;1-3,9H. The summed E-state index contributed by atoms with van der Waals surface area (Å²) in [4.78, 5) is 0. The zero-order chi connectivity index (χ0) is 18.2. The van der Waals surface area contributed by atoms with Gasteiger partial charge < -0.3 is 9.84 Å². The van der Waals surface area contributed by atoms with Gasteiger partial charge in [-0.15, -0.1) is 0 Å². The van der Waals surface area contributed by atoms with Crippen molar-refractivity contribution in [2.45, 2.75) is 6.61 Å². The maximum Gasteiger partial charge on any atom is 0.174 e. The van der Waals surface area contributed by atoms with Gasteiger partial charge in [0.15, 0.2) is 23.1 Å². The van der Waals surface area contributed by atoms with Gasteiger partial charge in [-0.3, -0.25) is 0 Å². The topological polar surface area (TPSA) is 29.5 Å². The van der Waals surface area contributed by atoms with Gasteiger partial charge in [-0.1, -0.05) is 65.7 Å². The first-order chi connectivity index (χ1) is 12.0. The van der Waals surface area contributed by atoms with Crippen LogP contribution in [0.5, 0.6) is 11.5 Å². The highest BCUT2D eigenvalue weighted by Crippen LogP contribution is 2.28. The van der Waals surface area contributed by atoms with Crippen molar-refractivity contribution in [3.8, 4) is 11.5 Å². The maximum atomic E-state index is 13.3. The zero-order valence-corrected chi connectivity index (χ0v) is 14.4. The van der Waals surface area contributed by atoms with Crippen molar-refractivity contribution >= 4 is 23.2 Å². The Labute approximate surface area is 154 Å². The molecule has 6 heteroatoms. The molecule has 0 bridgehead atoms. The van der Waals surface area contributed by atoms with Gasteiger partial charge in [0.05, 0.1) is 10.0 Å². The quantitative estimate of drug-likeness (QED) is 0.580. The fourth-order valence-corrected chi connectivity index (χ4v) is 2.22. The zero-order valence-electron chi connectivity index (χ0n) is 12.9. The highest BCUT2D eigenvalue weighted by molar-refractivity contribution is 6.32. The average Bonchev–Trinajstić information content (AvgIpc) is 2.61. The Hall–Kier alpha value is -2.30. The molecule has 3 aromatic rings. The number of phenolic OH excluding ortho intramolecular Hbond substituents is 1. The van der Waals surface area contributed by atoms with Gasteiger partial charge in [0.2, 0.25) is 0 Å². The van der Waals surface area contributed by atoms with Gasteiger partial charge >= 0.3 is 0 Å². The van der Waals surface area contributed by atoms with Crippen LogP contribution in [0.2, 0.25) is 10.0 Å². The van der Waals surface area contributed by atoms with Gasteiger partial charge in [0.25, 0.3) is 0 Å². The van der Waals surface area contributed by atoms with Crippen LogP contribution < -0.4 is 4.74 Å². The minimum Gasteiger partial charge on any atom is -0.504 e. The molecule has 0 amide bonds. The predicted molar refractivity (Wildman–Crippen MR) is 95.3 cm³/mol. The lowest BCUT2D eigenvalue weighted by Gasteiger charge is -2.08. The van der Waals surface area contributed by atoms with Gasteiger partial charge in [-0.2, -0.15) is 0 Å². The fourth-order valence-electron chi connectivity index (χ4n) is 1.84. The molecule has 0 saturated heterocycles. The largest absolute Gasteiger partial charge is 0.504 e.